The van der Waals surface area contributed by atoms with E-state index in [9.17, 15) is 0 Å². The van der Waals surface area contributed by atoms with Gasteiger partial charge in [0, 0.05) is 20.2 Å². The molecule has 2 heteroatoms. The number of benzene rings is 5. The molecule has 6 rings (SSSR count). The van der Waals surface area contributed by atoms with Crippen molar-refractivity contribution >= 4 is 42.3 Å². The van der Waals surface area contributed by atoms with Gasteiger partial charge in [0.15, 0.2) is 0 Å². The van der Waals surface area contributed by atoms with Crippen LogP contribution in [0.3, 0.4) is 0 Å². The Morgan fingerprint density at radius 1 is 0.581 bits per heavy atom. The summed E-state index contributed by atoms with van der Waals surface area (Å²) in [4.78, 5) is 0. The predicted molar refractivity (Wildman–Crippen MR) is 134 cm³/mol. The van der Waals surface area contributed by atoms with Gasteiger partial charge in [-0.3, -0.25) is 0 Å². The first-order chi connectivity index (χ1) is 15.3. The van der Waals surface area contributed by atoms with E-state index in [0.29, 0.717) is 0 Å². The summed E-state index contributed by atoms with van der Waals surface area (Å²) in [5.74, 6) is 0.872. The number of hydrogen-bond donors (Lipinski definition) is 0. The zero-order chi connectivity index (χ0) is 20.8. The highest BCUT2D eigenvalue weighted by molar-refractivity contribution is 7.26. The summed E-state index contributed by atoms with van der Waals surface area (Å²) >= 11 is 1.87. The maximum Gasteiger partial charge on any atom is 0.119 e. The summed E-state index contributed by atoms with van der Waals surface area (Å²) in [7, 11) is 1.72. The summed E-state index contributed by atoms with van der Waals surface area (Å²) in [6.07, 6.45) is 0. The molecule has 0 aliphatic heterocycles. The Balaban J connectivity index is 1.59. The van der Waals surface area contributed by atoms with Crippen LogP contribution in [-0.2, 0) is 0 Å². The van der Waals surface area contributed by atoms with Crippen molar-refractivity contribution in [1.29, 1.82) is 0 Å². The Bertz CT molecular complexity index is 1560. The highest BCUT2D eigenvalue weighted by atomic mass is 32.1. The van der Waals surface area contributed by atoms with Crippen LogP contribution in [0.15, 0.2) is 103 Å². The smallest absolute Gasteiger partial charge is 0.119 e. The second kappa shape index (κ2) is 7.26. The first-order valence-corrected chi connectivity index (χ1v) is 11.2. The van der Waals surface area contributed by atoms with Gasteiger partial charge in [-0.1, -0.05) is 78.9 Å². The number of thiophene rings is 1. The highest BCUT2D eigenvalue weighted by Gasteiger charge is 2.13. The summed E-state index contributed by atoms with van der Waals surface area (Å²) < 4.78 is 8.18. The lowest BCUT2D eigenvalue weighted by Crippen LogP contribution is -1.88. The van der Waals surface area contributed by atoms with Crippen molar-refractivity contribution in [3.05, 3.63) is 103 Å². The molecule has 6 aromatic rings. The van der Waals surface area contributed by atoms with E-state index in [-0.39, 0.29) is 0 Å². The summed E-state index contributed by atoms with van der Waals surface area (Å²) in [6, 6.07) is 36.9. The molecule has 0 saturated carbocycles. The normalized spacial score (nSPS) is 11.4. The van der Waals surface area contributed by atoms with Gasteiger partial charge in [-0.15, -0.1) is 11.3 Å². The Kier molecular flexibility index (Phi) is 4.26. The lowest BCUT2D eigenvalue weighted by Gasteiger charge is -2.12. The van der Waals surface area contributed by atoms with Gasteiger partial charge in [0.2, 0.25) is 0 Å². The summed E-state index contributed by atoms with van der Waals surface area (Å²) in [5, 5.41) is 5.31. The molecule has 0 N–H and O–H groups in total. The number of hydrogen-bond acceptors (Lipinski definition) is 2. The average Bonchev–Trinajstić information content (AvgIpc) is 3.22. The molecular weight excluding hydrogens is 396 g/mol. The van der Waals surface area contributed by atoms with Crippen LogP contribution in [0.5, 0.6) is 5.75 Å². The third-order valence-electron chi connectivity index (χ3n) is 5.98. The van der Waals surface area contributed by atoms with Crippen molar-refractivity contribution in [1.82, 2.24) is 0 Å². The van der Waals surface area contributed by atoms with Gasteiger partial charge in [0.05, 0.1) is 7.11 Å². The van der Waals surface area contributed by atoms with Gasteiger partial charge < -0.3 is 4.74 Å². The summed E-state index contributed by atoms with van der Waals surface area (Å²) in [6.45, 7) is 0. The number of ether oxygens (including phenoxy) is 1. The number of rotatable bonds is 3. The van der Waals surface area contributed by atoms with E-state index in [4.69, 9.17) is 4.74 Å². The van der Waals surface area contributed by atoms with Gasteiger partial charge in [-0.2, -0.15) is 0 Å². The molecule has 0 saturated heterocycles. The minimum absolute atomic E-state index is 0.872. The van der Waals surface area contributed by atoms with E-state index in [2.05, 4.69) is 97.1 Å². The molecule has 1 aromatic heterocycles. The molecule has 1 heterocycles. The monoisotopic (exact) mass is 416 g/mol. The van der Waals surface area contributed by atoms with E-state index in [1.807, 2.05) is 17.4 Å². The molecule has 0 atom stereocenters. The third-order valence-corrected chi connectivity index (χ3v) is 7.10. The Hall–Kier alpha value is -3.62. The molecule has 0 spiro atoms. The average molecular weight is 417 g/mol. The van der Waals surface area contributed by atoms with Crippen molar-refractivity contribution in [3.8, 4) is 28.0 Å². The predicted octanol–water partition coefficient (Wildman–Crippen LogP) is 8.55. The minimum atomic E-state index is 0.872. The van der Waals surface area contributed by atoms with Crippen LogP contribution < -0.4 is 4.74 Å². The van der Waals surface area contributed by atoms with Crippen molar-refractivity contribution in [2.45, 2.75) is 0 Å². The molecule has 0 fully saturated rings. The first-order valence-electron chi connectivity index (χ1n) is 10.4. The Labute approximate surface area is 185 Å². The zero-order valence-electron chi connectivity index (χ0n) is 17.1. The summed E-state index contributed by atoms with van der Waals surface area (Å²) in [5.41, 5.74) is 4.82. The molecule has 0 unspecified atom stereocenters. The fraction of sp³-hybridized carbons (Fsp3) is 0.0345. The Morgan fingerprint density at radius 2 is 1.42 bits per heavy atom. The van der Waals surface area contributed by atoms with E-state index in [0.717, 1.165) is 5.75 Å². The van der Waals surface area contributed by atoms with Gasteiger partial charge in [0.1, 0.15) is 5.75 Å². The van der Waals surface area contributed by atoms with Gasteiger partial charge >= 0.3 is 0 Å². The maximum absolute atomic E-state index is 5.52. The van der Waals surface area contributed by atoms with Crippen LogP contribution >= 0.6 is 11.3 Å². The standard InChI is InChI=1S/C29H20OS/c1-30-22-13-15-23(26(18-22)19-7-3-2-4-8-19)21-11-14-25-28(17-21)31-27-16-12-20-9-5-6-10-24(20)29(25)27/h2-18H,1H3. The first kappa shape index (κ1) is 18.2. The van der Waals surface area contributed by atoms with E-state index < -0.39 is 0 Å². The van der Waals surface area contributed by atoms with Gasteiger partial charge in [-0.05, 0) is 57.3 Å². The zero-order valence-corrected chi connectivity index (χ0v) is 17.9. The fourth-order valence-electron chi connectivity index (χ4n) is 4.47. The minimum Gasteiger partial charge on any atom is -0.497 e. The molecule has 31 heavy (non-hydrogen) atoms. The second-order valence-electron chi connectivity index (χ2n) is 7.75. The molecule has 5 aromatic carbocycles. The molecule has 0 aliphatic rings. The van der Waals surface area contributed by atoms with Crippen molar-refractivity contribution in [3.63, 3.8) is 0 Å². The lowest BCUT2D eigenvalue weighted by molar-refractivity contribution is 0.415. The van der Waals surface area contributed by atoms with Gasteiger partial charge in [-0.25, -0.2) is 0 Å². The largest absolute Gasteiger partial charge is 0.497 e. The number of fused-ring (bicyclic) bond motifs is 5. The van der Waals surface area contributed by atoms with Gasteiger partial charge in [0.25, 0.3) is 0 Å². The Morgan fingerprint density at radius 3 is 2.29 bits per heavy atom. The van der Waals surface area contributed by atoms with Crippen molar-refractivity contribution < 1.29 is 4.74 Å². The molecule has 148 valence electrons. The van der Waals surface area contributed by atoms with Crippen LogP contribution in [0.4, 0.5) is 0 Å². The van der Waals surface area contributed by atoms with Crippen molar-refractivity contribution in [2.24, 2.45) is 0 Å². The molecule has 0 radical (unpaired) electrons. The van der Waals surface area contributed by atoms with Crippen LogP contribution in [0.25, 0.3) is 53.2 Å². The molecule has 0 amide bonds. The van der Waals surface area contributed by atoms with Crippen LogP contribution in [0.1, 0.15) is 0 Å². The van der Waals surface area contributed by atoms with E-state index in [1.54, 1.807) is 7.11 Å². The molecule has 0 aliphatic carbocycles. The second-order valence-corrected chi connectivity index (χ2v) is 8.83. The van der Waals surface area contributed by atoms with Crippen LogP contribution in [0.2, 0.25) is 0 Å². The molecular formula is C29H20OS. The molecule has 1 nitrogen and oxygen atoms in total. The molecule has 0 bridgehead atoms. The quantitative estimate of drug-likeness (QED) is 0.281. The lowest BCUT2D eigenvalue weighted by atomic mass is 9.93. The SMILES string of the molecule is COc1ccc(-c2ccc3c(c2)sc2ccc4ccccc4c23)c(-c2ccccc2)c1. The topological polar surface area (TPSA) is 9.23 Å². The fourth-order valence-corrected chi connectivity index (χ4v) is 5.63. The van der Waals surface area contributed by atoms with E-state index in [1.165, 1.54) is 53.2 Å². The van der Waals surface area contributed by atoms with Crippen LogP contribution in [0, 0.1) is 0 Å². The maximum atomic E-state index is 5.52. The third kappa shape index (κ3) is 2.99. The van der Waals surface area contributed by atoms with Crippen LogP contribution in [-0.4, -0.2) is 7.11 Å². The highest BCUT2D eigenvalue weighted by Crippen LogP contribution is 2.42. The number of methoxy groups -OCH3 is 1. The van der Waals surface area contributed by atoms with Crippen molar-refractivity contribution in [2.75, 3.05) is 7.11 Å². The van der Waals surface area contributed by atoms with E-state index >= 15 is 0 Å².